The molecule has 3 heteroatoms. The van der Waals surface area contributed by atoms with E-state index in [1.165, 1.54) is 0 Å². The molecule has 0 aliphatic heterocycles. The molecule has 0 saturated carbocycles. The Labute approximate surface area is 80.8 Å². The van der Waals surface area contributed by atoms with Crippen LogP contribution in [0.1, 0.15) is 0 Å². The molecule has 0 aliphatic carbocycles. The van der Waals surface area contributed by atoms with E-state index in [0.717, 1.165) is 22.4 Å². The van der Waals surface area contributed by atoms with Crippen molar-refractivity contribution in [1.82, 2.24) is 15.0 Å². The van der Waals surface area contributed by atoms with Gasteiger partial charge >= 0.3 is 0 Å². The minimum Gasteiger partial charge on any atom is -0.367 e. The molecular weight excluding hydrogens is 174 g/mol. The molecule has 3 nitrogen and oxygen atoms in total. The summed E-state index contributed by atoms with van der Waals surface area (Å²) in [6.07, 6.45) is 3.82. The van der Waals surface area contributed by atoms with Crippen LogP contribution in [-0.2, 0) is 0 Å². The Kier molecular flexibility index (Phi) is 1.44. The van der Waals surface area contributed by atoms with Gasteiger partial charge in [-0.25, -0.2) is 4.98 Å². The third-order valence-electron chi connectivity index (χ3n) is 2.26. The zero-order valence-corrected chi connectivity index (χ0v) is 7.49. The summed E-state index contributed by atoms with van der Waals surface area (Å²) in [6, 6.07) is 10.0. The molecule has 0 radical (unpaired) electrons. The topological polar surface area (TPSA) is 44.5 Å². The number of benzene rings is 1. The Balaban J connectivity index is 2.24. The molecule has 14 heavy (non-hydrogen) atoms. The van der Waals surface area contributed by atoms with E-state index in [9.17, 15) is 0 Å². The van der Waals surface area contributed by atoms with Gasteiger partial charge in [-0.15, -0.1) is 0 Å². The van der Waals surface area contributed by atoms with Gasteiger partial charge in [0.1, 0.15) is 5.82 Å². The molecule has 0 unspecified atom stereocenters. The van der Waals surface area contributed by atoms with E-state index in [-0.39, 0.29) is 0 Å². The SMILES string of the molecule is c1ccc2[nH]c(-c3cc[nH]c3)nc2c1. The molecule has 3 aromatic rings. The highest BCUT2D eigenvalue weighted by molar-refractivity contribution is 5.78. The Hall–Kier alpha value is -2.03. The molecule has 2 heterocycles. The lowest BCUT2D eigenvalue weighted by atomic mass is 10.3. The normalized spacial score (nSPS) is 10.9. The van der Waals surface area contributed by atoms with Crippen molar-refractivity contribution in [2.24, 2.45) is 0 Å². The van der Waals surface area contributed by atoms with Crippen molar-refractivity contribution in [2.75, 3.05) is 0 Å². The summed E-state index contributed by atoms with van der Waals surface area (Å²) in [5, 5.41) is 0. The van der Waals surface area contributed by atoms with Gasteiger partial charge in [-0.05, 0) is 18.2 Å². The lowest BCUT2D eigenvalue weighted by Gasteiger charge is -1.86. The Morgan fingerprint density at radius 1 is 1.07 bits per heavy atom. The smallest absolute Gasteiger partial charge is 0.140 e. The maximum Gasteiger partial charge on any atom is 0.140 e. The highest BCUT2D eigenvalue weighted by atomic mass is 14.9. The monoisotopic (exact) mass is 183 g/mol. The quantitative estimate of drug-likeness (QED) is 0.598. The summed E-state index contributed by atoms with van der Waals surface area (Å²) in [5.74, 6) is 0.910. The number of aromatic nitrogens is 3. The van der Waals surface area contributed by atoms with E-state index in [4.69, 9.17) is 0 Å². The van der Waals surface area contributed by atoms with Crippen LogP contribution in [0.25, 0.3) is 22.4 Å². The van der Waals surface area contributed by atoms with Crippen molar-refractivity contribution in [3.05, 3.63) is 42.7 Å². The maximum absolute atomic E-state index is 4.48. The van der Waals surface area contributed by atoms with Crippen LogP contribution < -0.4 is 0 Å². The van der Waals surface area contributed by atoms with E-state index in [0.29, 0.717) is 0 Å². The highest BCUT2D eigenvalue weighted by Gasteiger charge is 2.03. The van der Waals surface area contributed by atoms with Crippen LogP contribution in [0.3, 0.4) is 0 Å². The van der Waals surface area contributed by atoms with Crippen molar-refractivity contribution >= 4 is 11.0 Å². The molecule has 0 aliphatic rings. The summed E-state index contributed by atoms with van der Waals surface area (Å²) in [5.41, 5.74) is 3.16. The van der Waals surface area contributed by atoms with Gasteiger partial charge in [0.15, 0.2) is 0 Å². The van der Waals surface area contributed by atoms with Gasteiger partial charge in [0.25, 0.3) is 0 Å². The van der Waals surface area contributed by atoms with Crippen molar-refractivity contribution in [3.63, 3.8) is 0 Å². The van der Waals surface area contributed by atoms with Crippen molar-refractivity contribution in [3.8, 4) is 11.4 Å². The van der Waals surface area contributed by atoms with Gasteiger partial charge in [0, 0.05) is 18.0 Å². The first kappa shape index (κ1) is 7.38. The molecule has 0 saturated heterocycles. The van der Waals surface area contributed by atoms with Crippen LogP contribution in [0.15, 0.2) is 42.7 Å². The average molecular weight is 183 g/mol. The number of H-pyrrole nitrogens is 2. The molecular formula is C11H9N3. The summed E-state index contributed by atoms with van der Waals surface area (Å²) < 4.78 is 0. The number of hydrogen-bond acceptors (Lipinski definition) is 1. The second-order valence-corrected chi connectivity index (χ2v) is 3.20. The van der Waals surface area contributed by atoms with E-state index in [2.05, 4.69) is 15.0 Å². The molecule has 3 rings (SSSR count). The summed E-state index contributed by atoms with van der Waals surface area (Å²) >= 11 is 0. The number of hydrogen-bond donors (Lipinski definition) is 2. The second kappa shape index (κ2) is 2.73. The number of imidazole rings is 1. The van der Waals surface area contributed by atoms with E-state index >= 15 is 0 Å². The third-order valence-corrected chi connectivity index (χ3v) is 2.26. The van der Waals surface area contributed by atoms with E-state index < -0.39 is 0 Å². The molecule has 0 atom stereocenters. The first-order valence-electron chi connectivity index (χ1n) is 4.51. The lowest BCUT2D eigenvalue weighted by molar-refractivity contribution is 1.33. The van der Waals surface area contributed by atoms with Gasteiger partial charge in [-0.1, -0.05) is 12.1 Å². The number of nitrogens with one attached hydrogen (secondary N) is 2. The van der Waals surface area contributed by atoms with Gasteiger partial charge in [-0.3, -0.25) is 0 Å². The minimum absolute atomic E-state index is 0.910. The lowest BCUT2D eigenvalue weighted by Crippen LogP contribution is -1.74. The van der Waals surface area contributed by atoms with Crippen molar-refractivity contribution < 1.29 is 0 Å². The van der Waals surface area contributed by atoms with Crippen LogP contribution in [0.2, 0.25) is 0 Å². The van der Waals surface area contributed by atoms with Crippen molar-refractivity contribution in [1.29, 1.82) is 0 Å². The zero-order valence-electron chi connectivity index (χ0n) is 7.49. The number of aromatic amines is 2. The minimum atomic E-state index is 0.910. The molecule has 0 fully saturated rings. The van der Waals surface area contributed by atoms with Gasteiger partial charge in [0.05, 0.1) is 11.0 Å². The van der Waals surface area contributed by atoms with Crippen LogP contribution in [0.4, 0.5) is 0 Å². The van der Waals surface area contributed by atoms with E-state index in [1.807, 2.05) is 42.7 Å². The van der Waals surface area contributed by atoms with E-state index in [1.54, 1.807) is 0 Å². The second-order valence-electron chi connectivity index (χ2n) is 3.20. The maximum atomic E-state index is 4.48. The fraction of sp³-hybridized carbons (Fsp3) is 0. The molecule has 1 aromatic carbocycles. The van der Waals surface area contributed by atoms with Gasteiger partial charge in [0.2, 0.25) is 0 Å². The molecule has 68 valence electrons. The molecule has 0 amide bonds. The van der Waals surface area contributed by atoms with Gasteiger partial charge < -0.3 is 9.97 Å². The average Bonchev–Trinajstić information content (AvgIpc) is 2.86. The Morgan fingerprint density at radius 2 is 2.00 bits per heavy atom. The number of nitrogens with zero attached hydrogens (tertiary/aromatic N) is 1. The Bertz CT molecular complexity index is 516. The van der Waals surface area contributed by atoms with Crippen LogP contribution in [0, 0.1) is 0 Å². The van der Waals surface area contributed by atoms with Crippen LogP contribution in [-0.4, -0.2) is 15.0 Å². The zero-order chi connectivity index (χ0) is 9.38. The number of rotatable bonds is 1. The standard InChI is InChI=1S/C11H9N3/c1-2-4-10-9(3-1)13-11(14-10)8-5-6-12-7-8/h1-7,12H,(H,13,14). The molecule has 0 bridgehead atoms. The van der Waals surface area contributed by atoms with Crippen LogP contribution >= 0.6 is 0 Å². The molecule has 2 N–H and O–H groups in total. The third kappa shape index (κ3) is 1.03. The first-order chi connectivity index (χ1) is 6.93. The fourth-order valence-electron chi connectivity index (χ4n) is 1.56. The first-order valence-corrected chi connectivity index (χ1v) is 4.51. The number of fused-ring (bicyclic) bond motifs is 1. The van der Waals surface area contributed by atoms with Crippen molar-refractivity contribution in [2.45, 2.75) is 0 Å². The predicted molar refractivity (Wildman–Crippen MR) is 55.9 cm³/mol. The largest absolute Gasteiger partial charge is 0.367 e. The number of para-hydroxylation sites is 2. The molecule has 2 aromatic heterocycles. The van der Waals surface area contributed by atoms with Gasteiger partial charge in [-0.2, -0.15) is 0 Å². The summed E-state index contributed by atoms with van der Waals surface area (Å²) in [6.45, 7) is 0. The highest BCUT2D eigenvalue weighted by Crippen LogP contribution is 2.19. The Morgan fingerprint density at radius 3 is 2.79 bits per heavy atom. The predicted octanol–water partition coefficient (Wildman–Crippen LogP) is 2.56. The summed E-state index contributed by atoms with van der Waals surface area (Å²) in [4.78, 5) is 10.8. The molecule has 0 spiro atoms. The summed E-state index contributed by atoms with van der Waals surface area (Å²) in [7, 11) is 0. The fourth-order valence-corrected chi connectivity index (χ4v) is 1.56. The van der Waals surface area contributed by atoms with Crippen LogP contribution in [0.5, 0.6) is 0 Å².